The first-order chi connectivity index (χ1) is 10.2. The quantitative estimate of drug-likeness (QED) is 0.618. The maximum Gasteiger partial charge on any atom is 0.240 e. The number of nitrogens with one attached hydrogen (secondary N) is 1. The van der Waals surface area contributed by atoms with Gasteiger partial charge in [-0.25, -0.2) is 9.97 Å². The lowest BCUT2D eigenvalue weighted by Gasteiger charge is -2.09. The zero-order valence-corrected chi connectivity index (χ0v) is 13.0. The molecule has 0 fully saturated rings. The van der Waals surface area contributed by atoms with Gasteiger partial charge in [0.1, 0.15) is 17.9 Å². The standard InChI is InChI=1S/C14H19ClN4O2/c1-10-3-4-11-14(17-10)19(12(18-11)5-6-15)9-13(20)16-7-8-21-2/h3-4H,5-9H2,1-2H3,(H,16,20). The number of alkyl halides is 1. The van der Waals surface area contributed by atoms with Crippen molar-refractivity contribution >= 4 is 28.7 Å². The van der Waals surface area contributed by atoms with E-state index in [0.29, 0.717) is 25.5 Å². The Bertz CT molecular complexity index is 627. The van der Waals surface area contributed by atoms with E-state index in [-0.39, 0.29) is 12.5 Å². The summed E-state index contributed by atoms with van der Waals surface area (Å²) >= 11 is 5.81. The van der Waals surface area contributed by atoms with Gasteiger partial charge in [0.2, 0.25) is 5.91 Å². The van der Waals surface area contributed by atoms with Crippen LogP contribution in [0, 0.1) is 6.92 Å². The minimum atomic E-state index is -0.0921. The van der Waals surface area contributed by atoms with Gasteiger partial charge in [0.25, 0.3) is 0 Å². The van der Waals surface area contributed by atoms with Crippen LogP contribution in [0.5, 0.6) is 0 Å². The lowest BCUT2D eigenvalue weighted by molar-refractivity contribution is -0.121. The van der Waals surface area contributed by atoms with E-state index in [0.717, 1.165) is 22.7 Å². The monoisotopic (exact) mass is 310 g/mol. The second kappa shape index (κ2) is 7.38. The first-order valence-corrected chi connectivity index (χ1v) is 7.33. The third-order valence-corrected chi connectivity index (χ3v) is 3.25. The average Bonchev–Trinajstić information content (AvgIpc) is 2.77. The van der Waals surface area contributed by atoms with E-state index in [1.807, 2.05) is 23.6 Å². The third kappa shape index (κ3) is 3.92. The van der Waals surface area contributed by atoms with Gasteiger partial charge in [0.05, 0.1) is 6.61 Å². The van der Waals surface area contributed by atoms with Gasteiger partial charge in [-0.2, -0.15) is 0 Å². The number of carbonyl (C=O) groups is 1. The van der Waals surface area contributed by atoms with Crippen LogP contribution in [0.2, 0.25) is 0 Å². The summed E-state index contributed by atoms with van der Waals surface area (Å²) in [6.07, 6.45) is 0.600. The summed E-state index contributed by atoms with van der Waals surface area (Å²) < 4.78 is 6.74. The first kappa shape index (κ1) is 15.7. The van der Waals surface area contributed by atoms with Crippen LogP contribution in [-0.4, -0.2) is 46.6 Å². The number of fused-ring (bicyclic) bond motifs is 1. The maximum absolute atomic E-state index is 12.0. The van der Waals surface area contributed by atoms with Crippen molar-refractivity contribution in [1.29, 1.82) is 0 Å². The van der Waals surface area contributed by atoms with Crippen molar-refractivity contribution < 1.29 is 9.53 Å². The van der Waals surface area contributed by atoms with Gasteiger partial charge in [-0.15, -0.1) is 11.6 Å². The van der Waals surface area contributed by atoms with E-state index < -0.39 is 0 Å². The highest BCUT2D eigenvalue weighted by Crippen LogP contribution is 2.15. The molecule has 0 saturated carbocycles. The second-order valence-electron chi connectivity index (χ2n) is 4.69. The highest BCUT2D eigenvalue weighted by Gasteiger charge is 2.14. The second-order valence-corrected chi connectivity index (χ2v) is 5.07. The van der Waals surface area contributed by atoms with Gasteiger partial charge < -0.3 is 14.6 Å². The van der Waals surface area contributed by atoms with E-state index in [1.54, 1.807) is 7.11 Å². The number of aryl methyl sites for hydroxylation is 2. The summed E-state index contributed by atoms with van der Waals surface area (Å²) in [6, 6.07) is 3.82. The van der Waals surface area contributed by atoms with Crippen LogP contribution in [0.25, 0.3) is 11.2 Å². The van der Waals surface area contributed by atoms with Crippen LogP contribution in [0.1, 0.15) is 11.5 Å². The van der Waals surface area contributed by atoms with Crippen LogP contribution < -0.4 is 5.32 Å². The molecule has 1 amide bonds. The molecule has 0 aliphatic heterocycles. The number of methoxy groups -OCH3 is 1. The molecule has 114 valence electrons. The summed E-state index contributed by atoms with van der Waals surface area (Å²) in [5, 5.41) is 2.80. The van der Waals surface area contributed by atoms with Crippen molar-refractivity contribution in [3.05, 3.63) is 23.7 Å². The number of aromatic nitrogens is 3. The summed E-state index contributed by atoms with van der Waals surface area (Å²) in [6.45, 7) is 3.07. The molecule has 0 aliphatic carbocycles. The number of pyridine rings is 1. The van der Waals surface area contributed by atoms with Crippen LogP contribution >= 0.6 is 11.6 Å². The fraction of sp³-hybridized carbons (Fsp3) is 0.500. The Kier molecular flexibility index (Phi) is 5.52. The molecule has 7 heteroatoms. The van der Waals surface area contributed by atoms with Gasteiger partial charge in [0, 0.05) is 31.6 Å². The molecule has 1 N–H and O–H groups in total. The van der Waals surface area contributed by atoms with E-state index in [2.05, 4.69) is 15.3 Å². The van der Waals surface area contributed by atoms with Gasteiger partial charge in [-0.1, -0.05) is 0 Å². The summed E-state index contributed by atoms with van der Waals surface area (Å²) in [4.78, 5) is 21.0. The van der Waals surface area contributed by atoms with Crippen molar-refractivity contribution in [3.63, 3.8) is 0 Å². The van der Waals surface area contributed by atoms with Crippen LogP contribution in [0.15, 0.2) is 12.1 Å². The van der Waals surface area contributed by atoms with Crippen LogP contribution in [-0.2, 0) is 22.5 Å². The average molecular weight is 311 g/mol. The van der Waals surface area contributed by atoms with Crippen molar-refractivity contribution in [2.24, 2.45) is 0 Å². The first-order valence-electron chi connectivity index (χ1n) is 6.80. The molecule has 2 rings (SSSR count). The Hall–Kier alpha value is -1.66. The Labute approximate surface area is 128 Å². The predicted octanol–water partition coefficient (Wildman–Crippen LogP) is 1.28. The highest BCUT2D eigenvalue weighted by atomic mass is 35.5. The molecule has 0 aliphatic rings. The SMILES string of the molecule is COCCNC(=O)Cn1c(CCCl)nc2ccc(C)nc21. The lowest BCUT2D eigenvalue weighted by Crippen LogP contribution is -2.31. The molecule has 0 saturated heterocycles. The molecule has 0 bridgehead atoms. The molecule has 6 nitrogen and oxygen atoms in total. The fourth-order valence-electron chi connectivity index (χ4n) is 2.08. The molecule has 2 heterocycles. The molecule has 0 unspecified atom stereocenters. The highest BCUT2D eigenvalue weighted by molar-refractivity contribution is 6.17. The molecule has 2 aromatic rings. The van der Waals surface area contributed by atoms with Gasteiger partial charge in [-0.3, -0.25) is 4.79 Å². The van der Waals surface area contributed by atoms with E-state index in [1.165, 1.54) is 0 Å². The summed E-state index contributed by atoms with van der Waals surface area (Å²) in [5.74, 6) is 1.14. The van der Waals surface area contributed by atoms with Crippen LogP contribution in [0.3, 0.4) is 0 Å². The van der Waals surface area contributed by atoms with Crippen molar-refractivity contribution in [2.75, 3.05) is 26.1 Å². The Morgan fingerprint density at radius 1 is 1.43 bits per heavy atom. The van der Waals surface area contributed by atoms with Crippen LogP contribution in [0.4, 0.5) is 0 Å². The molecule has 2 aromatic heterocycles. The molecule has 21 heavy (non-hydrogen) atoms. The Morgan fingerprint density at radius 2 is 2.24 bits per heavy atom. The zero-order chi connectivity index (χ0) is 15.2. The molecule has 0 aromatic carbocycles. The number of hydrogen-bond acceptors (Lipinski definition) is 4. The number of carbonyl (C=O) groups excluding carboxylic acids is 1. The summed E-state index contributed by atoms with van der Waals surface area (Å²) in [7, 11) is 1.60. The van der Waals surface area contributed by atoms with Gasteiger partial charge in [0.15, 0.2) is 5.65 Å². The van der Waals surface area contributed by atoms with E-state index in [4.69, 9.17) is 16.3 Å². The minimum absolute atomic E-state index is 0.0921. The Balaban J connectivity index is 2.24. The number of halogens is 1. The van der Waals surface area contributed by atoms with Gasteiger partial charge in [-0.05, 0) is 19.1 Å². The molecular formula is C14H19ClN4O2. The maximum atomic E-state index is 12.0. The summed E-state index contributed by atoms with van der Waals surface area (Å²) in [5.41, 5.74) is 2.39. The van der Waals surface area contributed by atoms with Crippen molar-refractivity contribution in [3.8, 4) is 0 Å². The lowest BCUT2D eigenvalue weighted by atomic mass is 10.3. The predicted molar refractivity (Wildman–Crippen MR) is 81.6 cm³/mol. The largest absolute Gasteiger partial charge is 0.383 e. The molecular weight excluding hydrogens is 292 g/mol. The number of amides is 1. The fourth-order valence-corrected chi connectivity index (χ4v) is 2.25. The zero-order valence-electron chi connectivity index (χ0n) is 12.2. The van der Waals surface area contributed by atoms with E-state index in [9.17, 15) is 4.79 Å². The van der Waals surface area contributed by atoms with Gasteiger partial charge >= 0.3 is 0 Å². The van der Waals surface area contributed by atoms with E-state index >= 15 is 0 Å². The van der Waals surface area contributed by atoms with Crippen molar-refractivity contribution in [1.82, 2.24) is 19.9 Å². The minimum Gasteiger partial charge on any atom is -0.383 e. The smallest absolute Gasteiger partial charge is 0.240 e. The molecule has 0 radical (unpaired) electrons. The topological polar surface area (TPSA) is 69.0 Å². The Morgan fingerprint density at radius 3 is 2.95 bits per heavy atom. The number of nitrogens with zero attached hydrogens (tertiary/aromatic N) is 3. The normalized spacial score (nSPS) is 11.0. The number of hydrogen-bond donors (Lipinski definition) is 1. The van der Waals surface area contributed by atoms with Crippen molar-refractivity contribution in [2.45, 2.75) is 19.9 Å². The molecule has 0 spiro atoms. The number of imidazole rings is 1. The third-order valence-electron chi connectivity index (χ3n) is 3.06. The number of rotatable bonds is 7. The molecule has 0 atom stereocenters. The number of ether oxygens (including phenoxy) is 1.